The highest BCUT2D eigenvalue weighted by Crippen LogP contribution is 2.28. The molecule has 2 unspecified atom stereocenters. The first kappa shape index (κ1) is 14.0. The van der Waals surface area contributed by atoms with Gasteiger partial charge in [-0.1, -0.05) is 26.2 Å². The van der Waals surface area contributed by atoms with E-state index in [0.717, 1.165) is 6.54 Å². The van der Waals surface area contributed by atoms with Crippen LogP contribution in [-0.4, -0.2) is 31.4 Å². The van der Waals surface area contributed by atoms with E-state index in [9.17, 15) is 9.59 Å². The number of hydrogen-bond donors (Lipinski definition) is 3. The van der Waals surface area contributed by atoms with Crippen LogP contribution in [0.3, 0.4) is 0 Å². The van der Waals surface area contributed by atoms with Gasteiger partial charge in [0.1, 0.15) is 0 Å². The lowest BCUT2D eigenvalue weighted by molar-refractivity contribution is -0.125. The monoisotopic (exact) mass is 241 g/mol. The molecule has 1 fully saturated rings. The second-order valence-electron chi connectivity index (χ2n) is 4.81. The summed E-state index contributed by atoms with van der Waals surface area (Å²) in [5.74, 6) is 0.830. The Labute approximate surface area is 103 Å². The van der Waals surface area contributed by atoms with E-state index in [0.29, 0.717) is 11.8 Å². The molecule has 4 N–H and O–H groups in total. The van der Waals surface area contributed by atoms with Gasteiger partial charge in [0.2, 0.25) is 11.8 Å². The Kier molecular flexibility index (Phi) is 5.97. The molecule has 0 aromatic rings. The summed E-state index contributed by atoms with van der Waals surface area (Å²) in [4.78, 5) is 22.3. The maximum Gasteiger partial charge on any atom is 0.239 e. The number of nitrogens with two attached hydrogens (primary N) is 1. The molecule has 2 amide bonds. The van der Waals surface area contributed by atoms with Crippen LogP contribution in [0.25, 0.3) is 0 Å². The molecular formula is C12H23N3O2. The Morgan fingerprint density at radius 2 is 1.88 bits per heavy atom. The molecular weight excluding hydrogens is 218 g/mol. The van der Waals surface area contributed by atoms with Gasteiger partial charge in [-0.2, -0.15) is 0 Å². The molecule has 0 bridgehead atoms. The molecule has 98 valence electrons. The number of hydrogen-bond acceptors (Lipinski definition) is 3. The molecule has 5 nitrogen and oxygen atoms in total. The predicted octanol–water partition coefficient (Wildman–Crippen LogP) is 0.00380. The number of amides is 2. The first-order valence-corrected chi connectivity index (χ1v) is 6.37. The Balaban J connectivity index is 2.16. The molecule has 17 heavy (non-hydrogen) atoms. The van der Waals surface area contributed by atoms with Crippen molar-refractivity contribution in [3.8, 4) is 0 Å². The molecule has 0 aromatic carbocycles. The smallest absolute Gasteiger partial charge is 0.239 e. The average molecular weight is 241 g/mol. The molecule has 0 aliphatic heterocycles. The molecule has 0 radical (unpaired) electrons. The summed E-state index contributed by atoms with van der Waals surface area (Å²) >= 11 is 0. The highest BCUT2D eigenvalue weighted by atomic mass is 16.2. The summed E-state index contributed by atoms with van der Waals surface area (Å²) in [5.41, 5.74) is 5.12. The van der Waals surface area contributed by atoms with E-state index in [4.69, 9.17) is 5.73 Å². The Morgan fingerprint density at radius 1 is 1.18 bits per heavy atom. The topological polar surface area (TPSA) is 84.2 Å². The van der Waals surface area contributed by atoms with Gasteiger partial charge in [-0.15, -0.1) is 0 Å². The van der Waals surface area contributed by atoms with Crippen LogP contribution >= 0.6 is 0 Å². The quantitative estimate of drug-likeness (QED) is 0.633. The Hall–Kier alpha value is -1.10. The average Bonchev–Trinajstić information content (AvgIpc) is 2.35. The first-order valence-electron chi connectivity index (χ1n) is 6.37. The third-order valence-corrected chi connectivity index (χ3v) is 3.48. The highest BCUT2D eigenvalue weighted by molar-refractivity contribution is 5.85. The minimum absolute atomic E-state index is 0.0249. The lowest BCUT2D eigenvalue weighted by atomic mass is 9.80. The Bertz CT molecular complexity index is 268. The normalized spacial score (nSPS) is 24.1. The third-order valence-electron chi connectivity index (χ3n) is 3.48. The van der Waals surface area contributed by atoms with Crippen LogP contribution in [0.2, 0.25) is 0 Å². The van der Waals surface area contributed by atoms with Crippen LogP contribution < -0.4 is 16.4 Å². The molecule has 1 rings (SSSR count). The summed E-state index contributed by atoms with van der Waals surface area (Å²) in [6.45, 7) is 2.91. The zero-order valence-electron chi connectivity index (χ0n) is 10.5. The third kappa shape index (κ3) is 5.17. The van der Waals surface area contributed by atoms with Gasteiger partial charge in [0, 0.05) is 6.54 Å². The van der Waals surface area contributed by atoms with E-state index in [2.05, 4.69) is 17.6 Å². The van der Waals surface area contributed by atoms with E-state index < -0.39 is 0 Å². The predicted molar refractivity (Wildman–Crippen MR) is 66.2 cm³/mol. The molecule has 0 saturated heterocycles. The van der Waals surface area contributed by atoms with E-state index in [1.54, 1.807) is 0 Å². The van der Waals surface area contributed by atoms with E-state index in [1.807, 2.05) is 0 Å². The van der Waals surface area contributed by atoms with Crippen LogP contribution in [0.15, 0.2) is 0 Å². The van der Waals surface area contributed by atoms with Gasteiger partial charge in [0.05, 0.1) is 13.1 Å². The van der Waals surface area contributed by atoms with Crippen LogP contribution in [0, 0.1) is 11.8 Å². The fraction of sp³-hybridized carbons (Fsp3) is 0.833. The molecule has 0 aromatic heterocycles. The lowest BCUT2D eigenvalue weighted by Crippen LogP contribution is -2.41. The van der Waals surface area contributed by atoms with Crippen molar-refractivity contribution in [2.45, 2.75) is 32.6 Å². The zero-order valence-corrected chi connectivity index (χ0v) is 10.5. The Morgan fingerprint density at radius 3 is 2.53 bits per heavy atom. The summed E-state index contributed by atoms with van der Waals surface area (Å²) in [6, 6.07) is 0. The van der Waals surface area contributed by atoms with Crippen molar-refractivity contribution in [1.82, 2.24) is 10.6 Å². The van der Waals surface area contributed by atoms with Crippen LogP contribution in [0.4, 0.5) is 0 Å². The first-order chi connectivity index (χ1) is 8.13. The molecule has 2 atom stereocenters. The van der Waals surface area contributed by atoms with Crippen LogP contribution in [0.1, 0.15) is 32.6 Å². The second kappa shape index (κ2) is 7.27. The molecule has 1 aliphatic carbocycles. The van der Waals surface area contributed by atoms with Gasteiger partial charge >= 0.3 is 0 Å². The minimum atomic E-state index is -0.300. The number of carbonyl (C=O) groups excluding carboxylic acids is 2. The van der Waals surface area contributed by atoms with Crippen LogP contribution in [0.5, 0.6) is 0 Å². The maximum atomic E-state index is 11.4. The van der Waals surface area contributed by atoms with Crippen molar-refractivity contribution >= 4 is 11.8 Å². The van der Waals surface area contributed by atoms with Crippen molar-refractivity contribution in [3.05, 3.63) is 0 Å². The molecule has 0 heterocycles. The van der Waals surface area contributed by atoms with Crippen molar-refractivity contribution in [2.75, 3.05) is 19.6 Å². The van der Waals surface area contributed by atoms with Crippen LogP contribution in [-0.2, 0) is 9.59 Å². The van der Waals surface area contributed by atoms with E-state index in [1.165, 1.54) is 25.7 Å². The largest absolute Gasteiger partial charge is 0.354 e. The van der Waals surface area contributed by atoms with Gasteiger partial charge in [0.15, 0.2) is 0 Å². The van der Waals surface area contributed by atoms with Crippen molar-refractivity contribution < 1.29 is 9.59 Å². The maximum absolute atomic E-state index is 11.4. The van der Waals surface area contributed by atoms with Crippen molar-refractivity contribution in [2.24, 2.45) is 17.6 Å². The SMILES string of the molecule is CC1CCCCC1CNC(=O)CNC(=O)CN. The van der Waals surface area contributed by atoms with E-state index >= 15 is 0 Å². The van der Waals surface area contributed by atoms with Gasteiger partial charge < -0.3 is 16.4 Å². The lowest BCUT2D eigenvalue weighted by Gasteiger charge is -2.28. The van der Waals surface area contributed by atoms with E-state index in [-0.39, 0.29) is 24.9 Å². The minimum Gasteiger partial charge on any atom is -0.354 e. The van der Waals surface area contributed by atoms with Gasteiger partial charge in [-0.25, -0.2) is 0 Å². The van der Waals surface area contributed by atoms with Gasteiger partial charge in [-0.05, 0) is 18.3 Å². The van der Waals surface area contributed by atoms with Crippen molar-refractivity contribution in [1.29, 1.82) is 0 Å². The number of rotatable bonds is 5. The molecule has 1 saturated carbocycles. The van der Waals surface area contributed by atoms with Crippen molar-refractivity contribution in [3.63, 3.8) is 0 Å². The summed E-state index contributed by atoms with van der Waals surface area (Å²) in [6.07, 6.45) is 5.01. The molecule has 5 heteroatoms. The van der Waals surface area contributed by atoms with Gasteiger partial charge in [-0.3, -0.25) is 9.59 Å². The summed E-state index contributed by atoms with van der Waals surface area (Å²) < 4.78 is 0. The fourth-order valence-corrected chi connectivity index (χ4v) is 2.25. The zero-order chi connectivity index (χ0) is 12.7. The second-order valence-corrected chi connectivity index (χ2v) is 4.81. The highest BCUT2D eigenvalue weighted by Gasteiger charge is 2.21. The number of nitrogens with one attached hydrogen (secondary N) is 2. The standard InChI is InChI=1S/C12H23N3O2/c1-9-4-2-3-5-10(9)7-14-12(17)8-15-11(16)6-13/h9-10H,2-8,13H2,1H3,(H,14,17)(H,15,16). The fourth-order valence-electron chi connectivity index (χ4n) is 2.25. The van der Waals surface area contributed by atoms with Gasteiger partial charge in [0.25, 0.3) is 0 Å². The number of carbonyl (C=O) groups is 2. The molecule has 1 aliphatic rings. The molecule has 0 spiro atoms. The summed E-state index contributed by atoms with van der Waals surface area (Å²) in [5, 5.41) is 5.32. The summed E-state index contributed by atoms with van der Waals surface area (Å²) in [7, 11) is 0.